The fraction of sp³-hybridized carbons (Fsp3) is 0.125. The molecule has 202 valence electrons. The molecule has 4 rings (SSSR count). The summed E-state index contributed by atoms with van der Waals surface area (Å²) < 4.78 is 0. The first kappa shape index (κ1) is 28.3. The molecule has 3 amide bonds. The maximum absolute atomic E-state index is 13.3. The molecule has 0 spiro atoms. The predicted octanol–water partition coefficient (Wildman–Crippen LogP) is 6.23. The summed E-state index contributed by atoms with van der Waals surface area (Å²) in [6.07, 6.45) is 4.80. The number of thioether (sulfide) groups is 1. The molecule has 1 unspecified atom stereocenters. The maximum Gasteiger partial charge on any atom is 0.272 e. The number of aryl methyl sites for hydroxylation is 2. The molecule has 0 aliphatic heterocycles. The van der Waals surface area contributed by atoms with Crippen LogP contribution in [0.15, 0.2) is 108 Å². The highest BCUT2D eigenvalue weighted by atomic mass is 32.2. The van der Waals surface area contributed by atoms with Gasteiger partial charge in [0.15, 0.2) is 0 Å². The number of nitrogens with zero attached hydrogens (tertiary/aromatic N) is 1. The van der Waals surface area contributed by atoms with Gasteiger partial charge >= 0.3 is 0 Å². The monoisotopic (exact) mass is 550 g/mol. The van der Waals surface area contributed by atoms with Gasteiger partial charge in [-0.3, -0.25) is 19.4 Å². The van der Waals surface area contributed by atoms with E-state index in [1.807, 2.05) is 51.1 Å². The number of rotatable bonds is 9. The fourth-order valence-electron chi connectivity index (χ4n) is 3.78. The molecule has 3 aromatic carbocycles. The topological polar surface area (TPSA) is 100 Å². The van der Waals surface area contributed by atoms with Crippen LogP contribution in [0.2, 0.25) is 0 Å². The van der Waals surface area contributed by atoms with Gasteiger partial charge in [0.2, 0.25) is 5.91 Å². The Balaban J connectivity index is 1.46. The number of nitrogens with one attached hydrogen (secondary N) is 3. The average molecular weight is 551 g/mol. The average Bonchev–Trinajstić information content (AvgIpc) is 2.95. The third-order valence-corrected chi connectivity index (χ3v) is 7.04. The van der Waals surface area contributed by atoms with Gasteiger partial charge in [0.25, 0.3) is 11.8 Å². The first-order chi connectivity index (χ1) is 19.3. The molecule has 8 heteroatoms. The van der Waals surface area contributed by atoms with Crippen LogP contribution in [-0.4, -0.2) is 28.0 Å². The molecule has 1 atom stereocenters. The summed E-state index contributed by atoms with van der Waals surface area (Å²) in [6, 6.07) is 25.4. The highest BCUT2D eigenvalue weighted by molar-refractivity contribution is 8.00. The summed E-state index contributed by atoms with van der Waals surface area (Å²) in [5.74, 6) is -1.01. The van der Waals surface area contributed by atoms with E-state index < -0.39 is 11.8 Å². The highest BCUT2D eigenvalue weighted by Crippen LogP contribution is 2.27. The number of benzene rings is 3. The summed E-state index contributed by atoms with van der Waals surface area (Å²) in [5.41, 5.74) is 4.55. The van der Waals surface area contributed by atoms with Crippen LogP contribution in [0.1, 0.15) is 34.0 Å². The molecule has 0 aliphatic carbocycles. The number of carbonyl (C=O) groups excluding carboxylic acids is 3. The second-order valence-electron chi connectivity index (χ2n) is 9.21. The number of carbonyl (C=O) groups is 3. The fourth-order valence-corrected chi connectivity index (χ4v) is 4.70. The SMILES string of the molecule is Cc1ccc(C)c(NC(=O)C(C)Sc2cccc(NC(=O)/C(=C/c3cccnc3)NC(=O)c3ccccc3)c2)c1. The van der Waals surface area contributed by atoms with Gasteiger partial charge in [0.1, 0.15) is 5.70 Å². The normalized spacial score (nSPS) is 11.8. The van der Waals surface area contributed by atoms with Gasteiger partial charge in [-0.15, -0.1) is 11.8 Å². The highest BCUT2D eigenvalue weighted by Gasteiger charge is 2.18. The van der Waals surface area contributed by atoms with Crippen LogP contribution in [0.5, 0.6) is 0 Å². The van der Waals surface area contributed by atoms with Crippen molar-refractivity contribution in [2.24, 2.45) is 0 Å². The van der Waals surface area contributed by atoms with Crippen LogP contribution < -0.4 is 16.0 Å². The van der Waals surface area contributed by atoms with Crippen molar-refractivity contribution < 1.29 is 14.4 Å². The van der Waals surface area contributed by atoms with E-state index in [2.05, 4.69) is 20.9 Å². The van der Waals surface area contributed by atoms with Crippen molar-refractivity contribution in [3.05, 3.63) is 125 Å². The molecule has 0 aliphatic rings. The quantitative estimate of drug-likeness (QED) is 0.170. The standard InChI is InChI=1S/C32H30N4O3S/c1-21-14-15-22(2)28(17-21)35-30(37)23(3)40-27-13-7-12-26(19-27)34-32(39)29(18-24-9-8-16-33-20-24)36-31(38)25-10-5-4-6-11-25/h4-20,23H,1-3H3,(H,34,39)(H,35,37)(H,36,38)/b29-18-. The van der Waals surface area contributed by atoms with Crippen molar-refractivity contribution in [1.29, 1.82) is 0 Å². The number of aromatic nitrogens is 1. The molecule has 0 saturated heterocycles. The molecule has 0 bridgehead atoms. The number of anilines is 2. The van der Waals surface area contributed by atoms with E-state index in [9.17, 15) is 14.4 Å². The Hall–Kier alpha value is -4.69. The molecule has 0 radical (unpaired) electrons. The van der Waals surface area contributed by atoms with Crippen molar-refractivity contribution in [2.75, 3.05) is 10.6 Å². The van der Waals surface area contributed by atoms with Gasteiger partial charge in [-0.25, -0.2) is 0 Å². The van der Waals surface area contributed by atoms with E-state index in [1.165, 1.54) is 11.8 Å². The van der Waals surface area contributed by atoms with Crippen LogP contribution in [0.3, 0.4) is 0 Å². The van der Waals surface area contributed by atoms with E-state index in [-0.39, 0.29) is 16.9 Å². The van der Waals surface area contributed by atoms with Crippen LogP contribution in [-0.2, 0) is 9.59 Å². The number of hydrogen-bond donors (Lipinski definition) is 3. The van der Waals surface area contributed by atoms with Crippen LogP contribution >= 0.6 is 11.8 Å². The smallest absolute Gasteiger partial charge is 0.272 e. The summed E-state index contributed by atoms with van der Waals surface area (Å²) in [5, 5.41) is 8.21. The minimum absolute atomic E-state index is 0.0705. The summed E-state index contributed by atoms with van der Waals surface area (Å²) >= 11 is 1.39. The van der Waals surface area contributed by atoms with E-state index in [0.29, 0.717) is 16.8 Å². The summed E-state index contributed by atoms with van der Waals surface area (Å²) in [6.45, 7) is 5.78. The second-order valence-corrected chi connectivity index (χ2v) is 10.6. The van der Waals surface area contributed by atoms with Gasteiger partial charge in [-0.05, 0) is 86.0 Å². The third-order valence-electron chi connectivity index (χ3n) is 5.95. The van der Waals surface area contributed by atoms with Crippen molar-refractivity contribution in [3.8, 4) is 0 Å². The molecule has 7 nitrogen and oxygen atoms in total. The van der Waals surface area contributed by atoms with Gasteiger partial charge in [0, 0.05) is 34.2 Å². The minimum Gasteiger partial charge on any atom is -0.325 e. The molecule has 0 fully saturated rings. The molecule has 1 aromatic heterocycles. The van der Waals surface area contributed by atoms with E-state index in [1.54, 1.807) is 73.1 Å². The molecular formula is C32H30N4O3S. The zero-order valence-corrected chi connectivity index (χ0v) is 23.3. The van der Waals surface area contributed by atoms with E-state index >= 15 is 0 Å². The second kappa shape index (κ2) is 13.4. The van der Waals surface area contributed by atoms with Gasteiger partial charge in [0.05, 0.1) is 5.25 Å². The number of amides is 3. The van der Waals surface area contributed by atoms with Gasteiger partial charge < -0.3 is 16.0 Å². The Labute approximate surface area is 238 Å². The lowest BCUT2D eigenvalue weighted by molar-refractivity contribution is -0.115. The molecule has 40 heavy (non-hydrogen) atoms. The molecule has 3 N–H and O–H groups in total. The zero-order chi connectivity index (χ0) is 28.5. The van der Waals surface area contributed by atoms with Gasteiger partial charge in [-0.2, -0.15) is 0 Å². The van der Waals surface area contributed by atoms with Gasteiger partial charge in [-0.1, -0.05) is 42.5 Å². The number of hydrogen-bond acceptors (Lipinski definition) is 5. The van der Waals surface area contributed by atoms with Crippen molar-refractivity contribution in [3.63, 3.8) is 0 Å². The van der Waals surface area contributed by atoms with E-state index in [0.717, 1.165) is 21.7 Å². The summed E-state index contributed by atoms with van der Waals surface area (Å²) in [7, 11) is 0. The van der Waals surface area contributed by atoms with Crippen LogP contribution in [0, 0.1) is 13.8 Å². The molecular weight excluding hydrogens is 520 g/mol. The lowest BCUT2D eigenvalue weighted by Crippen LogP contribution is -2.30. The van der Waals surface area contributed by atoms with E-state index in [4.69, 9.17) is 0 Å². The third kappa shape index (κ3) is 7.91. The van der Waals surface area contributed by atoms with Crippen LogP contribution in [0.25, 0.3) is 6.08 Å². The number of pyridine rings is 1. The Morgan fingerprint density at radius 1 is 0.875 bits per heavy atom. The first-order valence-corrected chi connectivity index (χ1v) is 13.6. The lowest BCUT2D eigenvalue weighted by atomic mass is 10.1. The lowest BCUT2D eigenvalue weighted by Gasteiger charge is -2.15. The Morgan fingerprint density at radius 2 is 1.68 bits per heavy atom. The predicted molar refractivity (Wildman–Crippen MR) is 161 cm³/mol. The summed E-state index contributed by atoms with van der Waals surface area (Å²) in [4.78, 5) is 43.9. The van der Waals surface area contributed by atoms with Crippen molar-refractivity contribution in [2.45, 2.75) is 30.9 Å². The maximum atomic E-state index is 13.3. The van der Waals surface area contributed by atoms with Crippen molar-refractivity contribution >= 4 is 46.9 Å². The molecule has 0 saturated carbocycles. The minimum atomic E-state index is -0.490. The molecule has 4 aromatic rings. The van der Waals surface area contributed by atoms with Crippen molar-refractivity contribution in [1.82, 2.24) is 10.3 Å². The first-order valence-electron chi connectivity index (χ1n) is 12.7. The Morgan fingerprint density at radius 3 is 2.42 bits per heavy atom. The van der Waals surface area contributed by atoms with Crippen LogP contribution in [0.4, 0.5) is 11.4 Å². The Bertz CT molecular complexity index is 1540. The molecule has 1 heterocycles. The Kier molecular flexibility index (Phi) is 9.48. The zero-order valence-electron chi connectivity index (χ0n) is 22.5. The largest absolute Gasteiger partial charge is 0.325 e.